The average Bonchev–Trinajstić information content (AvgIpc) is 3.20. The molecule has 5 nitrogen and oxygen atoms in total. The van der Waals surface area contributed by atoms with Crippen molar-refractivity contribution in [3.63, 3.8) is 0 Å². The highest BCUT2D eigenvalue weighted by atomic mass is 16.2. The number of rotatable bonds is 5. The number of hydrogen-bond donors (Lipinski definition) is 1. The highest BCUT2D eigenvalue weighted by Crippen LogP contribution is 2.40. The lowest BCUT2D eigenvalue weighted by molar-refractivity contribution is -0.122. The number of benzene rings is 2. The second-order valence-electron chi connectivity index (χ2n) is 7.32. The Hall–Kier alpha value is -2.95. The lowest BCUT2D eigenvalue weighted by atomic mass is 9.79. The zero-order valence-electron chi connectivity index (χ0n) is 15.2. The van der Waals surface area contributed by atoms with Gasteiger partial charge in [-0.15, -0.1) is 0 Å². The maximum Gasteiger partial charge on any atom is 0.261 e. The summed E-state index contributed by atoms with van der Waals surface area (Å²) in [6.07, 6.45) is 5.97. The largest absolute Gasteiger partial charge is 0.354 e. The molecule has 138 valence electrons. The van der Waals surface area contributed by atoms with Crippen molar-refractivity contribution in [2.45, 2.75) is 37.6 Å². The zero-order chi connectivity index (χ0) is 18.7. The number of hydrogen-bond acceptors (Lipinski definition) is 3. The van der Waals surface area contributed by atoms with Crippen molar-refractivity contribution in [3.05, 3.63) is 76.8 Å². The van der Waals surface area contributed by atoms with E-state index in [2.05, 4.69) is 34.6 Å². The van der Waals surface area contributed by atoms with Gasteiger partial charge in [0.2, 0.25) is 5.91 Å². The minimum Gasteiger partial charge on any atom is -0.354 e. The summed E-state index contributed by atoms with van der Waals surface area (Å²) < 4.78 is 1.38. The third kappa shape index (κ3) is 3.50. The Balaban J connectivity index is 1.48. The van der Waals surface area contributed by atoms with Gasteiger partial charge in [-0.2, -0.15) is 0 Å². The Labute approximate surface area is 158 Å². The van der Waals surface area contributed by atoms with E-state index in [1.807, 2.05) is 12.1 Å². The van der Waals surface area contributed by atoms with Crippen LogP contribution in [0, 0.1) is 0 Å². The number of carbonyl (C=O) groups excluding carboxylic acids is 1. The van der Waals surface area contributed by atoms with Crippen molar-refractivity contribution >= 4 is 16.8 Å². The van der Waals surface area contributed by atoms with Crippen LogP contribution in [0.2, 0.25) is 0 Å². The fraction of sp³-hybridized carbons (Fsp3) is 0.318. The van der Waals surface area contributed by atoms with Gasteiger partial charge in [0.05, 0.1) is 17.2 Å². The third-order valence-electron chi connectivity index (χ3n) is 5.62. The van der Waals surface area contributed by atoms with Gasteiger partial charge in [0, 0.05) is 12.0 Å². The Kier molecular flexibility index (Phi) is 4.75. The molecule has 1 saturated carbocycles. The number of nitrogens with zero attached hydrogens (tertiary/aromatic N) is 2. The van der Waals surface area contributed by atoms with E-state index < -0.39 is 0 Å². The van der Waals surface area contributed by atoms with Gasteiger partial charge in [0.15, 0.2) is 0 Å². The first-order chi connectivity index (χ1) is 13.2. The van der Waals surface area contributed by atoms with Gasteiger partial charge in [-0.05, 0) is 30.5 Å². The molecular weight excluding hydrogens is 338 g/mol. The first-order valence-electron chi connectivity index (χ1n) is 9.44. The van der Waals surface area contributed by atoms with Crippen LogP contribution in [-0.4, -0.2) is 22.0 Å². The number of nitrogens with one attached hydrogen (secondary N) is 1. The van der Waals surface area contributed by atoms with Crippen LogP contribution < -0.4 is 10.9 Å². The summed E-state index contributed by atoms with van der Waals surface area (Å²) in [5.41, 5.74) is 1.75. The molecule has 0 radical (unpaired) electrons. The second-order valence-corrected chi connectivity index (χ2v) is 7.32. The topological polar surface area (TPSA) is 64.0 Å². The highest BCUT2D eigenvalue weighted by Gasteiger charge is 2.35. The van der Waals surface area contributed by atoms with E-state index in [4.69, 9.17) is 0 Å². The molecule has 1 aliphatic carbocycles. The van der Waals surface area contributed by atoms with Crippen LogP contribution in [0.25, 0.3) is 10.9 Å². The summed E-state index contributed by atoms with van der Waals surface area (Å²) in [6, 6.07) is 17.6. The molecule has 5 heteroatoms. The van der Waals surface area contributed by atoms with Crippen molar-refractivity contribution in [2.75, 3.05) is 6.54 Å². The van der Waals surface area contributed by atoms with Gasteiger partial charge < -0.3 is 5.32 Å². The van der Waals surface area contributed by atoms with Gasteiger partial charge in [0.25, 0.3) is 5.56 Å². The Bertz CT molecular complexity index is 1000. The van der Waals surface area contributed by atoms with Crippen LogP contribution in [0.15, 0.2) is 65.7 Å². The molecule has 1 amide bonds. The summed E-state index contributed by atoms with van der Waals surface area (Å²) in [4.78, 5) is 29.4. The van der Waals surface area contributed by atoms with E-state index in [-0.39, 0.29) is 23.4 Å². The fourth-order valence-electron chi connectivity index (χ4n) is 4.11. The second kappa shape index (κ2) is 7.35. The van der Waals surface area contributed by atoms with E-state index >= 15 is 0 Å². The number of fused-ring (bicyclic) bond motifs is 1. The molecule has 3 aromatic rings. The highest BCUT2D eigenvalue weighted by molar-refractivity contribution is 5.78. The van der Waals surface area contributed by atoms with E-state index in [9.17, 15) is 9.59 Å². The summed E-state index contributed by atoms with van der Waals surface area (Å²) in [5.74, 6) is -0.156. The van der Waals surface area contributed by atoms with Gasteiger partial charge >= 0.3 is 0 Å². The van der Waals surface area contributed by atoms with Crippen molar-refractivity contribution in [2.24, 2.45) is 0 Å². The van der Waals surface area contributed by atoms with Crippen molar-refractivity contribution in [1.82, 2.24) is 14.9 Å². The van der Waals surface area contributed by atoms with Gasteiger partial charge in [-0.25, -0.2) is 4.98 Å². The molecule has 1 aliphatic rings. The first-order valence-corrected chi connectivity index (χ1v) is 9.44. The summed E-state index contributed by atoms with van der Waals surface area (Å²) >= 11 is 0. The van der Waals surface area contributed by atoms with Crippen molar-refractivity contribution in [1.29, 1.82) is 0 Å². The molecule has 0 spiro atoms. The molecular formula is C22H23N3O2. The molecule has 27 heavy (non-hydrogen) atoms. The molecule has 4 rings (SSSR count). The SMILES string of the molecule is O=C(Cn1cnc2ccccc2c1=O)NCC1(c2ccccc2)CCCC1. The minimum absolute atomic E-state index is 0.00349. The van der Waals surface area contributed by atoms with Crippen molar-refractivity contribution in [3.8, 4) is 0 Å². The minimum atomic E-state index is -0.186. The molecule has 1 heterocycles. The Morgan fingerprint density at radius 2 is 1.74 bits per heavy atom. The summed E-state index contributed by atoms with van der Waals surface area (Å²) in [6.45, 7) is 0.590. The molecule has 1 fully saturated rings. The van der Waals surface area contributed by atoms with Crippen LogP contribution >= 0.6 is 0 Å². The van der Waals surface area contributed by atoms with E-state index in [1.54, 1.807) is 18.2 Å². The molecule has 2 aromatic carbocycles. The predicted molar refractivity (Wildman–Crippen MR) is 106 cm³/mol. The smallest absolute Gasteiger partial charge is 0.261 e. The lowest BCUT2D eigenvalue weighted by Gasteiger charge is -2.30. The quantitative estimate of drug-likeness (QED) is 0.760. The van der Waals surface area contributed by atoms with Crippen molar-refractivity contribution < 1.29 is 4.79 Å². The molecule has 0 bridgehead atoms. The van der Waals surface area contributed by atoms with Gasteiger partial charge in [-0.3, -0.25) is 14.2 Å². The predicted octanol–water partition coefficient (Wildman–Crippen LogP) is 3.02. The molecule has 0 aliphatic heterocycles. The summed E-state index contributed by atoms with van der Waals surface area (Å²) in [7, 11) is 0. The van der Waals surface area contributed by atoms with Crippen LogP contribution in [0.1, 0.15) is 31.2 Å². The first kappa shape index (κ1) is 17.5. The van der Waals surface area contributed by atoms with Crippen LogP contribution in [-0.2, 0) is 16.8 Å². The monoisotopic (exact) mass is 361 g/mol. The lowest BCUT2D eigenvalue weighted by Crippen LogP contribution is -2.41. The van der Waals surface area contributed by atoms with Gasteiger partial charge in [0.1, 0.15) is 6.54 Å². The third-order valence-corrected chi connectivity index (χ3v) is 5.62. The number of carbonyl (C=O) groups is 1. The van der Waals surface area contributed by atoms with Crippen LogP contribution in [0.4, 0.5) is 0 Å². The maximum absolute atomic E-state index is 12.6. The molecule has 0 atom stereocenters. The Morgan fingerprint density at radius 1 is 1.04 bits per heavy atom. The molecule has 1 N–H and O–H groups in total. The number of aromatic nitrogens is 2. The Morgan fingerprint density at radius 3 is 2.52 bits per heavy atom. The number of para-hydroxylation sites is 1. The van der Waals surface area contributed by atoms with E-state index in [0.29, 0.717) is 17.4 Å². The fourth-order valence-corrected chi connectivity index (χ4v) is 4.11. The van der Waals surface area contributed by atoms with Crippen LogP contribution in [0.3, 0.4) is 0 Å². The number of amides is 1. The molecule has 0 saturated heterocycles. The van der Waals surface area contributed by atoms with E-state index in [0.717, 1.165) is 12.8 Å². The summed E-state index contributed by atoms with van der Waals surface area (Å²) in [5, 5.41) is 3.59. The molecule has 0 unspecified atom stereocenters. The standard InChI is InChI=1S/C22H23N3O2/c26-20(14-25-16-24-19-11-5-4-10-18(19)21(25)27)23-15-22(12-6-7-13-22)17-8-2-1-3-9-17/h1-5,8-11,16H,6-7,12-15H2,(H,23,26). The van der Waals surface area contributed by atoms with Gasteiger partial charge in [-0.1, -0.05) is 55.3 Å². The van der Waals surface area contributed by atoms with E-state index in [1.165, 1.54) is 29.3 Å². The normalized spacial score (nSPS) is 15.7. The maximum atomic E-state index is 12.6. The average molecular weight is 361 g/mol. The molecule has 1 aromatic heterocycles. The zero-order valence-corrected chi connectivity index (χ0v) is 15.2. The van der Waals surface area contributed by atoms with Crippen LogP contribution in [0.5, 0.6) is 0 Å².